The number of nitrogens with one attached hydrogen (secondary N) is 1. The molecule has 3 aromatic heterocycles. The second kappa shape index (κ2) is 6.80. The van der Waals surface area contributed by atoms with Crippen LogP contribution >= 0.6 is 0 Å². The van der Waals surface area contributed by atoms with Gasteiger partial charge in [-0.2, -0.15) is 0 Å². The van der Waals surface area contributed by atoms with Gasteiger partial charge in [0.1, 0.15) is 23.0 Å². The molecule has 8 heteroatoms. The fraction of sp³-hybridized carbons (Fsp3) is 0.389. The first kappa shape index (κ1) is 16.6. The lowest BCUT2D eigenvalue weighted by atomic mass is 10.2. The molecule has 0 radical (unpaired) electrons. The van der Waals surface area contributed by atoms with E-state index in [-0.39, 0.29) is 5.56 Å². The van der Waals surface area contributed by atoms with Crippen LogP contribution in [0.1, 0.15) is 11.4 Å². The Morgan fingerprint density at radius 1 is 1.23 bits per heavy atom. The average Bonchev–Trinajstić information content (AvgIpc) is 3.18. The summed E-state index contributed by atoms with van der Waals surface area (Å²) in [5.74, 6) is 2.39. The number of rotatable bonds is 4. The molecule has 0 atom stereocenters. The molecule has 0 aliphatic carbocycles. The number of hydrogen-bond donors (Lipinski definition) is 1. The molecule has 1 aliphatic rings. The van der Waals surface area contributed by atoms with Gasteiger partial charge in [-0.05, 0) is 19.1 Å². The number of hydrogen-bond acceptors (Lipinski definition) is 6. The molecule has 1 N–H and O–H groups in total. The minimum absolute atomic E-state index is 0.0538. The number of aromatic amines is 1. The van der Waals surface area contributed by atoms with Crippen molar-refractivity contribution < 1.29 is 4.74 Å². The molecule has 3 aromatic rings. The van der Waals surface area contributed by atoms with Gasteiger partial charge in [0.15, 0.2) is 0 Å². The predicted octanol–water partition coefficient (Wildman–Crippen LogP) is 1.06. The summed E-state index contributed by atoms with van der Waals surface area (Å²) in [6.45, 7) is 6.13. The number of methoxy groups -OCH3 is 1. The summed E-state index contributed by atoms with van der Waals surface area (Å²) in [6.07, 6.45) is 5.30. The number of piperazine rings is 1. The molecule has 26 heavy (non-hydrogen) atoms. The maximum absolute atomic E-state index is 12.8. The lowest BCUT2D eigenvalue weighted by molar-refractivity contribution is 0.244. The van der Waals surface area contributed by atoms with Crippen molar-refractivity contribution in [1.29, 1.82) is 0 Å². The summed E-state index contributed by atoms with van der Waals surface area (Å²) < 4.78 is 6.75. The first-order chi connectivity index (χ1) is 12.7. The zero-order chi connectivity index (χ0) is 18.1. The maximum atomic E-state index is 12.8. The van der Waals surface area contributed by atoms with E-state index in [1.807, 2.05) is 25.3 Å². The van der Waals surface area contributed by atoms with E-state index in [0.29, 0.717) is 17.0 Å². The van der Waals surface area contributed by atoms with Gasteiger partial charge in [-0.15, -0.1) is 0 Å². The third kappa shape index (κ3) is 3.03. The molecule has 0 spiro atoms. The van der Waals surface area contributed by atoms with E-state index in [4.69, 9.17) is 9.72 Å². The Bertz CT molecular complexity index is 958. The quantitative estimate of drug-likeness (QED) is 0.755. The fourth-order valence-corrected chi connectivity index (χ4v) is 3.34. The highest BCUT2D eigenvalue weighted by Crippen LogP contribution is 2.19. The van der Waals surface area contributed by atoms with Crippen molar-refractivity contribution in [1.82, 2.24) is 24.3 Å². The second-order valence-electron chi connectivity index (χ2n) is 6.46. The van der Waals surface area contributed by atoms with Gasteiger partial charge < -0.3 is 14.6 Å². The highest BCUT2D eigenvalue weighted by Gasteiger charge is 2.22. The first-order valence-electron chi connectivity index (χ1n) is 8.68. The van der Waals surface area contributed by atoms with Crippen LogP contribution in [-0.2, 0) is 6.54 Å². The van der Waals surface area contributed by atoms with Crippen LogP contribution in [0.4, 0.5) is 5.82 Å². The van der Waals surface area contributed by atoms with Gasteiger partial charge in [0.25, 0.3) is 5.56 Å². The zero-order valence-electron chi connectivity index (χ0n) is 15.0. The van der Waals surface area contributed by atoms with Crippen molar-refractivity contribution in [3.8, 4) is 5.75 Å². The molecular weight excluding hydrogens is 332 g/mol. The van der Waals surface area contributed by atoms with E-state index in [0.717, 1.165) is 44.4 Å². The van der Waals surface area contributed by atoms with Gasteiger partial charge in [-0.1, -0.05) is 0 Å². The van der Waals surface area contributed by atoms with E-state index < -0.39 is 0 Å². The normalized spacial score (nSPS) is 15.5. The molecule has 0 amide bonds. The largest absolute Gasteiger partial charge is 0.495 e. The molecule has 136 valence electrons. The number of H-pyrrole nitrogens is 1. The van der Waals surface area contributed by atoms with Crippen LogP contribution < -0.4 is 15.2 Å². The average molecular weight is 354 g/mol. The van der Waals surface area contributed by atoms with E-state index in [1.54, 1.807) is 23.9 Å². The molecule has 1 saturated heterocycles. The number of anilines is 1. The van der Waals surface area contributed by atoms with Crippen LogP contribution in [0.3, 0.4) is 0 Å². The minimum atomic E-state index is -0.0538. The summed E-state index contributed by atoms with van der Waals surface area (Å²) >= 11 is 0. The Hall–Kier alpha value is -2.87. The van der Waals surface area contributed by atoms with Crippen LogP contribution in [0.2, 0.25) is 0 Å². The summed E-state index contributed by atoms with van der Waals surface area (Å²) in [5.41, 5.74) is 1.24. The molecule has 0 aromatic carbocycles. The molecule has 4 rings (SSSR count). The van der Waals surface area contributed by atoms with Crippen molar-refractivity contribution in [3.05, 3.63) is 52.5 Å². The molecule has 0 unspecified atom stereocenters. The van der Waals surface area contributed by atoms with Crippen LogP contribution in [0.15, 0.2) is 35.5 Å². The lowest BCUT2D eigenvalue weighted by Gasteiger charge is -2.35. The maximum Gasteiger partial charge on any atom is 0.263 e. The summed E-state index contributed by atoms with van der Waals surface area (Å²) in [6, 6.07) is 3.64. The minimum Gasteiger partial charge on any atom is -0.495 e. The van der Waals surface area contributed by atoms with Gasteiger partial charge in [0.2, 0.25) is 0 Å². The molecule has 0 saturated carbocycles. The Balaban J connectivity index is 1.56. The number of imidazole rings is 1. The number of nitrogens with zero attached hydrogens (tertiary/aromatic N) is 5. The highest BCUT2D eigenvalue weighted by atomic mass is 16.5. The highest BCUT2D eigenvalue weighted by molar-refractivity contribution is 5.54. The monoisotopic (exact) mass is 354 g/mol. The molecule has 8 nitrogen and oxygen atoms in total. The lowest BCUT2D eigenvalue weighted by Crippen LogP contribution is -2.47. The van der Waals surface area contributed by atoms with E-state index >= 15 is 0 Å². The van der Waals surface area contributed by atoms with E-state index in [1.165, 1.54) is 0 Å². The number of ether oxygens (including phenoxy) is 1. The Morgan fingerprint density at radius 3 is 2.73 bits per heavy atom. The number of aromatic nitrogens is 4. The Morgan fingerprint density at radius 2 is 2.04 bits per heavy atom. The van der Waals surface area contributed by atoms with Gasteiger partial charge in [0.05, 0.1) is 25.4 Å². The Labute approximate surface area is 151 Å². The van der Waals surface area contributed by atoms with Crippen molar-refractivity contribution in [2.75, 3.05) is 38.2 Å². The third-order valence-corrected chi connectivity index (χ3v) is 4.83. The molecule has 4 heterocycles. The van der Waals surface area contributed by atoms with Crippen molar-refractivity contribution in [2.45, 2.75) is 13.5 Å². The van der Waals surface area contributed by atoms with Crippen LogP contribution in [0.25, 0.3) is 5.65 Å². The van der Waals surface area contributed by atoms with Gasteiger partial charge in [0, 0.05) is 38.6 Å². The van der Waals surface area contributed by atoms with Gasteiger partial charge in [-0.3, -0.25) is 14.1 Å². The van der Waals surface area contributed by atoms with E-state index in [2.05, 4.69) is 19.8 Å². The SMILES string of the molecule is COc1ccc2nc(N3CCN(Cc4ncc[nH]4)CC3)c(C)c(=O)n2c1. The van der Waals surface area contributed by atoms with Crippen molar-refractivity contribution in [2.24, 2.45) is 0 Å². The summed E-state index contributed by atoms with van der Waals surface area (Å²) in [7, 11) is 1.59. The summed E-state index contributed by atoms with van der Waals surface area (Å²) in [5, 5.41) is 0. The third-order valence-electron chi connectivity index (χ3n) is 4.83. The Kier molecular flexibility index (Phi) is 4.34. The molecular formula is C18H22N6O2. The van der Waals surface area contributed by atoms with Crippen molar-refractivity contribution >= 4 is 11.5 Å². The summed E-state index contributed by atoms with van der Waals surface area (Å²) in [4.78, 5) is 29.5. The van der Waals surface area contributed by atoms with Gasteiger partial charge >= 0.3 is 0 Å². The molecule has 1 fully saturated rings. The van der Waals surface area contributed by atoms with Crippen LogP contribution in [-0.4, -0.2) is 57.5 Å². The first-order valence-corrected chi connectivity index (χ1v) is 8.68. The smallest absolute Gasteiger partial charge is 0.263 e. The molecule has 0 bridgehead atoms. The topological polar surface area (TPSA) is 78.8 Å². The predicted molar refractivity (Wildman–Crippen MR) is 98.8 cm³/mol. The van der Waals surface area contributed by atoms with Crippen LogP contribution in [0, 0.1) is 6.92 Å². The van der Waals surface area contributed by atoms with Crippen LogP contribution in [0.5, 0.6) is 5.75 Å². The van der Waals surface area contributed by atoms with Crippen molar-refractivity contribution in [3.63, 3.8) is 0 Å². The number of pyridine rings is 1. The fourth-order valence-electron chi connectivity index (χ4n) is 3.34. The second-order valence-corrected chi connectivity index (χ2v) is 6.46. The zero-order valence-corrected chi connectivity index (χ0v) is 15.0. The van der Waals surface area contributed by atoms with Gasteiger partial charge in [-0.25, -0.2) is 9.97 Å². The van der Waals surface area contributed by atoms with E-state index in [9.17, 15) is 4.79 Å². The number of fused-ring (bicyclic) bond motifs is 1. The molecule has 1 aliphatic heterocycles. The standard InChI is InChI=1S/C18H22N6O2/c1-13-17(21-16-4-3-14(26-2)11-24(16)18(13)25)23-9-7-22(8-10-23)12-15-19-5-6-20-15/h3-6,11H,7-10,12H2,1-2H3,(H,19,20).